The Bertz CT molecular complexity index is 1800. The van der Waals surface area contributed by atoms with Crippen molar-refractivity contribution in [3.8, 4) is 0 Å². The van der Waals surface area contributed by atoms with Crippen LogP contribution >= 0.6 is 0 Å². The number of hydrogen-bond donors (Lipinski definition) is 1. The monoisotopic (exact) mass is 971 g/mol. The summed E-state index contributed by atoms with van der Waals surface area (Å²) in [6, 6.07) is 4.20. The first-order chi connectivity index (χ1) is 28.1. The van der Waals surface area contributed by atoms with Crippen LogP contribution in [0.15, 0.2) is 30.3 Å². The Morgan fingerprint density at radius 1 is 0.635 bits per heavy atom. The zero-order valence-electron chi connectivity index (χ0n) is 33.4. The van der Waals surface area contributed by atoms with E-state index in [1.165, 1.54) is 39.0 Å². The van der Waals surface area contributed by atoms with E-state index in [0.717, 1.165) is 39.8 Å². The fourth-order valence-electron chi connectivity index (χ4n) is 5.90. The molecule has 0 bridgehead atoms. The van der Waals surface area contributed by atoms with Gasteiger partial charge < -0.3 is 33.1 Å². The van der Waals surface area contributed by atoms with Crippen LogP contribution in [0.25, 0.3) is 0 Å². The molecule has 1 amide bonds. The second kappa shape index (κ2) is 18.5. The molecule has 1 aliphatic rings. The van der Waals surface area contributed by atoms with Crippen molar-refractivity contribution >= 4 is 37.6 Å². The Morgan fingerprint density at radius 2 is 1.08 bits per heavy atom. The van der Waals surface area contributed by atoms with Crippen molar-refractivity contribution in [1.29, 1.82) is 0 Å². The Labute approximate surface area is 346 Å². The lowest BCUT2D eigenvalue weighted by Crippen LogP contribution is -2.74. The summed E-state index contributed by atoms with van der Waals surface area (Å²) in [6.45, 7) is 4.20. The van der Waals surface area contributed by atoms with Gasteiger partial charge in [-0.1, -0.05) is 51.1 Å². The van der Waals surface area contributed by atoms with Gasteiger partial charge in [0, 0.05) is 45.8 Å². The summed E-state index contributed by atoms with van der Waals surface area (Å²) in [4.78, 5) is 48.7. The lowest BCUT2D eigenvalue weighted by atomic mass is 9.88. The number of carbonyl (C=O) groups excluding carboxylic acids is 4. The van der Waals surface area contributed by atoms with E-state index < -0.39 is 135 Å². The Morgan fingerprint density at radius 3 is 1.49 bits per heavy atom. The van der Waals surface area contributed by atoms with Crippen molar-refractivity contribution in [2.75, 3.05) is 13.2 Å². The fraction of sp³-hybridized carbons (Fsp3) is 0.706. The van der Waals surface area contributed by atoms with Crippen LogP contribution in [0.1, 0.15) is 54.9 Å². The highest BCUT2D eigenvalue weighted by Crippen LogP contribution is 2.64. The fourth-order valence-corrected chi connectivity index (χ4v) is 9.47. The number of alkyl halides is 17. The molecule has 1 aliphatic heterocycles. The number of esters is 3. The predicted molar refractivity (Wildman–Crippen MR) is 178 cm³/mol. The minimum Gasteiger partial charge on any atom is -0.463 e. The molecule has 1 fully saturated rings. The minimum atomic E-state index is -8.82. The summed E-state index contributed by atoms with van der Waals surface area (Å²) < 4.78 is 271. The van der Waals surface area contributed by atoms with Crippen LogP contribution in [0.3, 0.4) is 0 Å². The first-order valence-electron chi connectivity index (χ1n) is 17.6. The van der Waals surface area contributed by atoms with Crippen molar-refractivity contribution in [3.63, 3.8) is 0 Å². The maximum Gasteiger partial charge on any atom is 0.460 e. The summed E-state index contributed by atoms with van der Waals surface area (Å²) in [5.74, 6) is -62.1. The molecule has 1 aromatic rings. The van der Waals surface area contributed by atoms with E-state index in [2.05, 4.69) is 5.32 Å². The van der Waals surface area contributed by atoms with Gasteiger partial charge in [-0.2, -0.15) is 74.6 Å². The van der Waals surface area contributed by atoms with Gasteiger partial charge in [0.15, 0.2) is 18.5 Å². The van der Waals surface area contributed by atoms with Gasteiger partial charge in [0.05, 0.1) is 0 Å². The summed E-state index contributed by atoms with van der Waals surface area (Å²) in [6.07, 6.45) is -18.4. The molecule has 1 heterocycles. The molecule has 2 rings (SSSR count). The first-order valence-corrected chi connectivity index (χ1v) is 19.4. The van der Waals surface area contributed by atoms with Gasteiger partial charge in [0.1, 0.15) is 18.8 Å². The molecule has 0 aromatic heterocycles. The molecule has 0 radical (unpaired) electrons. The molecule has 0 aliphatic carbocycles. The van der Waals surface area contributed by atoms with Crippen LogP contribution in [0, 0.1) is 0 Å². The van der Waals surface area contributed by atoms with E-state index in [4.69, 9.17) is 27.8 Å². The summed E-state index contributed by atoms with van der Waals surface area (Å²) in [5.41, 5.74) is 0. The molecule has 0 spiro atoms. The third-order valence-electron chi connectivity index (χ3n) is 9.00. The number of carbonyl (C=O) groups is 4. The second-order valence-electron chi connectivity index (χ2n) is 14.8. The van der Waals surface area contributed by atoms with Crippen molar-refractivity contribution in [2.45, 2.75) is 138 Å². The Balaban J connectivity index is 2.78. The minimum absolute atomic E-state index is 0.218. The van der Waals surface area contributed by atoms with Gasteiger partial charge in [-0.3, -0.25) is 19.2 Å². The van der Waals surface area contributed by atoms with Crippen molar-refractivity contribution in [3.05, 3.63) is 30.3 Å². The number of benzene rings is 1. The molecule has 362 valence electrons. The van der Waals surface area contributed by atoms with Crippen LogP contribution in [-0.2, 0) is 47.0 Å². The molecule has 0 saturated carbocycles. The molecule has 1 saturated heterocycles. The third-order valence-corrected chi connectivity index (χ3v) is 13.2. The SMILES string of the molecule is CC(=O)N[C@H]1C(O[Si](OCCC(F)(F)C(F)(F)C(F)(F)C(F)(F)C(F)(F)C(F)(F)C(F)(F)C(F)(F)F)(c2ccccc2)C(C)(C)C)O[C@H](COC(C)=O)[C@@H](OC(C)=O)[C@@H]1OC(C)=O. The van der Waals surface area contributed by atoms with Crippen molar-refractivity contribution in [2.24, 2.45) is 0 Å². The van der Waals surface area contributed by atoms with Crippen LogP contribution in [-0.4, -0.2) is 124 Å². The average Bonchev–Trinajstić information content (AvgIpc) is 3.10. The molecule has 63 heavy (non-hydrogen) atoms. The van der Waals surface area contributed by atoms with Gasteiger partial charge >= 0.3 is 74.1 Å². The third kappa shape index (κ3) is 10.4. The normalized spacial score (nSPS) is 22.1. The molecule has 2 unspecified atom stereocenters. The van der Waals surface area contributed by atoms with Gasteiger partial charge in [-0.05, 0) is 5.19 Å². The van der Waals surface area contributed by atoms with E-state index in [9.17, 15) is 85.0 Å². The highest BCUT2D eigenvalue weighted by molar-refractivity contribution is 6.83. The molecule has 11 nitrogen and oxygen atoms in total. The second-order valence-corrected chi connectivity index (χ2v) is 18.7. The first kappa shape index (κ1) is 55.1. The van der Waals surface area contributed by atoms with Gasteiger partial charge in [-0.15, -0.1) is 0 Å². The lowest BCUT2D eigenvalue weighted by Gasteiger charge is -2.49. The number of amides is 1. The molecular formula is C34H38F17NO10Si. The quantitative estimate of drug-likeness (QED) is 0.0696. The summed E-state index contributed by atoms with van der Waals surface area (Å²) >= 11 is 0. The van der Waals surface area contributed by atoms with Crippen LogP contribution in [0.2, 0.25) is 5.04 Å². The van der Waals surface area contributed by atoms with E-state index in [1.807, 2.05) is 0 Å². The van der Waals surface area contributed by atoms with E-state index in [0.29, 0.717) is 0 Å². The van der Waals surface area contributed by atoms with Crippen molar-refractivity contribution < 1.29 is 122 Å². The Kier molecular flexibility index (Phi) is 16.2. The number of nitrogens with one attached hydrogen (secondary N) is 1. The molecular weight excluding hydrogens is 933 g/mol. The number of hydrogen-bond acceptors (Lipinski definition) is 10. The largest absolute Gasteiger partial charge is 0.463 e. The highest BCUT2D eigenvalue weighted by atomic mass is 28.4. The molecule has 6 atom stereocenters. The zero-order chi connectivity index (χ0) is 49.4. The van der Waals surface area contributed by atoms with E-state index in [1.54, 1.807) is 0 Å². The lowest BCUT2D eigenvalue weighted by molar-refractivity contribution is -0.461. The summed E-state index contributed by atoms with van der Waals surface area (Å²) in [7, 11) is -5.04. The molecule has 29 heteroatoms. The predicted octanol–water partition coefficient (Wildman–Crippen LogP) is 7.22. The van der Waals surface area contributed by atoms with Crippen LogP contribution in [0.4, 0.5) is 74.6 Å². The van der Waals surface area contributed by atoms with Crippen molar-refractivity contribution in [1.82, 2.24) is 5.32 Å². The Hall–Kier alpha value is -3.99. The topological polar surface area (TPSA) is 136 Å². The maximum absolute atomic E-state index is 15.2. The smallest absolute Gasteiger partial charge is 0.460 e. The van der Waals surface area contributed by atoms with Gasteiger partial charge in [-0.25, -0.2) is 0 Å². The number of ether oxygens (including phenoxy) is 4. The summed E-state index contributed by atoms with van der Waals surface area (Å²) in [5, 5.41) is 0.364. The van der Waals surface area contributed by atoms with E-state index in [-0.39, 0.29) is 5.19 Å². The van der Waals surface area contributed by atoms with Gasteiger partial charge in [0.2, 0.25) is 5.91 Å². The van der Waals surface area contributed by atoms with Gasteiger partial charge in [0.25, 0.3) is 0 Å². The highest BCUT2D eigenvalue weighted by Gasteiger charge is 2.95. The van der Waals surface area contributed by atoms with Crippen LogP contribution in [0.5, 0.6) is 0 Å². The molecule has 1 aromatic carbocycles. The number of rotatable bonds is 18. The molecule has 1 N–H and O–H groups in total. The number of halogens is 17. The zero-order valence-corrected chi connectivity index (χ0v) is 34.4. The standard InChI is InChI=1S/C34H38F17NO10Si/c1-16(53)52-22-24(60-19(4)56)23(59-18(3)55)21(15-57-17(2)54)61-25(22)62-63(26(5,6)7,20-11-9-8-10-12-20)58-14-13-27(35,36)28(37,38)29(39,40)30(41,42)31(43,44)32(45,46)33(47,48)34(49,50)51/h8-12,21-25H,13-15H2,1-7H3,(H,52,53)/t21-,22-,23-,24-,25?,63?/m1/s1. The van der Waals surface area contributed by atoms with Crippen LogP contribution < -0.4 is 10.5 Å². The average molecular weight is 972 g/mol. The maximum atomic E-state index is 15.2. The van der Waals surface area contributed by atoms with E-state index >= 15 is 8.78 Å².